The average Bonchev–Trinajstić information content (AvgIpc) is 2.73. The molecule has 0 N–H and O–H groups in total. The zero-order valence-corrected chi connectivity index (χ0v) is 15.1. The van der Waals surface area contributed by atoms with Crippen molar-refractivity contribution in [1.82, 2.24) is 0 Å². The number of hydrogen-bond donors (Lipinski definition) is 0. The SMILES string of the molecule is COC(=O)c1ccc2c(c1)=C=C=C=C=c1ccc(C(=O)OC)cc1=C=C=C=C=2. The predicted molar refractivity (Wildman–Crippen MR) is 102 cm³/mol. The maximum Gasteiger partial charge on any atom is 0.337 e. The Morgan fingerprint density at radius 3 is 1.32 bits per heavy atom. The van der Waals surface area contributed by atoms with Crippen LogP contribution in [0.2, 0.25) is 0 Å². The van der Waals surface area contributed by atoms with Crippen LogP contribution in [0.3, 0.4) is 0 Å². The van der Waals surface area contributed by atoms with Crippen molar-refractivity contribution in [3.8, 4) is 0 Å². The van der Waals surface area contributed by atoms with E-state index in [1.807, 2.05) is 0 Å². The Balaban J connectivity index is 2.48. The molecule has 1 aliphatic carbocycles. The Labute approximate surface area is 160 Å². The number of esters is 2. The van der Waals surface area contributed by atoms with Crippen LogP contribution in [0.1, 0.15) is 20.7 Å². The molecule has 28 heavy (non-hydrogen) atoms. The normalized spacial score (nSPS) is 10.1. The molecule has 2 aromatic carbocycles. The molecule has 0 heterocycles. The van der Waals surface area contributed by atoms with Crippen LogP contribution >= 0.6 is 0 Å². The van der Waals surface area contributed by atoms with E-state index in [1.165, 1.54) is 14.2 Å². The van der Waals surface area contributed by atoms with Crippen LogP contribution < -0.4 is 20.9 Å². The molecule has 0 amide bonds. The second kappa shape index (κ2) is 8.33. The first-order valence-electron chi connectivity index (χ1n) is 8.11. The van der Waals surface area contributed by atoms with Gasteiger partial charge in [0.25, 0.3) is 0 Å². The monoisotopic (exact) mass is 364 g/mol. The fourth-order valence-corrected chi connectivity index (χ4v) is 2.40. The lowest BCUT2D eigenvalue weighted by atomic mass is 10.1. The summed E-state index contributed by atoms with van der Waals surface area (Å²) in [5.74, 6) is -0.908. The van der Waals surface area contributed by atoms with Crippen LogP contribution in [-0.2, 0) is 9.47 Å². The van der Waals surface area contributed by atoms with Gasteiger partial charge in [0.15, 0.2) is 0 Å². The molecule has 0 aliphatic heterocycles. The molecule has 0 unspecified atom stereocenters. The lowest BCUT2D eigenvalue weighted by molar-refractivity contribution is 0.0591. The number of methoxy groups -OCH3 is 2. The van der Waals surface area contributed by atoms with Gasteiger partial charge < -0.3 is 9.47 Å². The van der Waals surface area contributed by atoms with Crippen LogP contribution in [0, 0.1) is 0 Å². The van der Waals surface area contributed by atoms with E-state index in [4.69, 9.17) is 9.47 Å². The second-order valence-electron chi connectivity index (χ2n) is 5.50. The van der Waals surface area contributed by atoms with E-state index in [1.54, 1.807) is 36.4 Å². The van der Waals surface area contributed by atoms with E-state index in [2.05, 4.69) is 45.8 Å². The van der Waals surface area contributed by atoms with Crippen molar-refractivity contribution in [3.63, 3.8) is 0 Å². The van der Waals surface area contributed by atoms with Gasteiger partial charge in [-0.05, 0) is 59.3 Å². The fraction of sp³-hybridized carbons (Fsp3) is 0.0833. The molecule has 0 bridgehead atoms. The van der Waals surface area contributed by atoms with Crippen LogP contribution in [0.25, 0.3) is 22.9 Å². The minimum atomic E-state index is -0.454. The molecule has 0 atom stereocenters. The molecule has 0 radical (unpaired) electrons. The number of fused-ring (bicyclic) bond motifs is 2. The number of benzene rings is 2. The molecule has 4 heteroatoms. The van der Waals surface area contributed by atoms with Gasteiger partial charge in [0.1, 0.15) is 0 Å². The number of ether oxygens (including phenoxy) is 2. The third-order valence-corrected chi connectivity index (χ3v) is 3.80. The minimum Gasteiger partial charge on any atom is -0.465 e. The van der Waals surface area contributed by atoms with E-state index in [0.717, 1.165) is 0 Å². The van der Waals surface area contributed by atoms with Gasteiger partial charge in [-0.25, -0.2) is 9.59 Å². The summed E-state index contributed by atoms with van der Waals surface area (Å²) in [6.07, 6.45) is 0. The molecule has 0 fully saturated rings. The van der Waals surface area contributed by atoms with E-state index in [9.17, 15) is 9.59 Å². The fourth-order valence-electron chi connectivity index (χ4n) is 2.40. The maximum absolute atomic E-state index is 11.7. The molecule has 2 aromatic rings. The van der Waals surface area contributed by atoms with Gasteiger partial charge in [0.05, 0.1) is 25.3 Å². The van der Waals surface area contributed by atoms with Crippen molar-refractivity contribution in [2.45, 2.75) is 0 Å². The summed E-state index contributed by atoms with van der Waals surface area (Å²) in [6.45, 7) is 0. The van der Waals surface area contributed by atoms with Crippen molar-refractivity contribution < 1.29 is 19.1 Å². The minimum absolute atomic E-state index is 0.379. The molecule has 0 saturated carbocycles. The molecular weight excluding hydrogens is 352 g/mol. The van der Waals surface area contributed by atoms with Gasteiger partial charge in [0.2, 0.25) is 0 Å². The molecule has 1 aliphatic rings. The third kappa shape index (κ3) is 4.05. The average molecular weight is 364 g/mol. The Bertz CT molecular complexity index is 1380. The lowest BCUT2D eigenvalue weighted by Crippen LogP contribution is -2.24. The summed E-state index contributed by atoms with van der Waals surface area (Å²) < 4.78 is 9.46. The molecule has 4 nitrogen and oxygen atoms in total. The topological polar surface area (TPSA) is 52.6 Å². The third-order valence-electron chi connectivity index (χ3n) is 3.80. The van der Waals surface area contributed by atoms with Gasteiger partial charge in [-0.15, -0.1) is 0 Å². The standard InChI is InChI=1S/C24H12O4/c1-27-23(25)21-13-11-17-7-4-6-10-20-16-22(24(26)28-2)14-12-18(20)8-3-5-9-19(17)15-21/h11-16H,1-2H3. The Hall–Kier alpha value is -4.38. The highest BCUT2D eigenvalue weighted by Crippen LogP contribution is 1.95. The van der Waals surface area contributed by atoms with Crippen molar-refractivity contribution in [1.29, 1.82) is 0 Å². The van der Waals surface area contributed by atoms with Crippen LogP contribution in [0.4, 0.5) is 0 Å². The molecule has 0 saturated heterocycles. The van der Waals surface area contributed by atoms with Gasteiger partial charge in [-0.1, -0.05) is 22.9 Å². The second-order valence-corrected chi connectivity index (χ2v) is 5.50. The van der Waals surface area contributed by atoms with E-state index in [-0.39, 0.29) is 0 Å². The molecular formula is C24H12O4. The molecule has 3 rings (SSSR count). The van der Waals surface area contributed by atoms with Crippen LogP contribution in [0.5, 0.6) is 0 Å². The quantitative estimate of drug-likeness (QED) is 0.482. The summed E-state index contributed by atoms with van der Waals surface area (Å²) in [7, 11) is 2.63. The lowest BCUT2D eigenvalue weighted by Gasteiger charge is -1.97. The van der Waals surface area contributed by atoms with Gasteiger partial charge in [-0.3, -0.25) is 0 Å². The summed E-state index contributed by atoms with van der Waals surface area (Å²) in [6, 6.07) is 9.83. The van der Waals surface area contributed by atoms with E-state index in [0.29, 0.717) is 32.0 Å². The highest BCUT2D eigenvalue weighted by molar-refractivity contribution is 5.89. The molecule has 0 aromatic heterocycles. The van der Waals surface area contributed by atoms with Crippen LogP contribution in [0.15, 0.2) is 59.3 Å². The Kier molecular flexibility index (Phi) is 5.48. The maximum atomic E-state index is 11.7. The van der Waals surface area contributed by atoms with E-state index >= 15 is 0 Å². The van der Waals surface area contributed by atoms with Crippen molar-refractivity contribution in [2.75, 3.05) is 14.2 Å². The number of carbonyl (C=O) groups is 2. The molecule has 132 valence electrons. The summed E-state index contributed by atoms with van der Waals surface area (Å²) in [4.78, 5) is 23.4. The largest absolute Gasteiger partial charge is 0.465 e. The zero-order valence-electron chi connectivity index (χ0n) is 15.1. The van der Waals surface area contributed by atoms with Crippen molar-refractivity contribution >= 4 is 34.9 Å². The predicted octanol–water partition coefficient (Wildman–Crippen LogP) is 0.224. The Morgan fingerprint density at radius 1 is 0.607 bits per heavy atom. The highest BCUT2D eigenvalue weighted by atomic mass is 16.5. The first-order valence-corrected chi connectivity index (χ1v) is 8.11. The smallest absolute Gasteiger partial charge is 0.337 e. The zero-order chi connectivity index (χ0) is 19.9. The van der Waals surface area contributed by atoms with Gasteiger partial charge in [-0.2, -0.15) is 0 Å². The van der Waals surface area contributed by atoms with E-state index < -0.39 is 11.9 Å². The van der Waals surface area contributed by atoms with Gasteiger partial charge >= 0.3 is 11.9 Å². The number of rotatable bonds is 2. The van der Waals surface area contributed by atoms with Gasteiger partial charge in [0, 0.05) is 20.9 Å². The van der Waals surface area contributed by atoms with Crippen molar-refractivity contribution in [2.24, 2.45) is 0 Å². The van der Waals surface area contributed by atoms with Crippen LogP contribution in [-0.4, -0.2) is 26.2 Å². The summed E-state index contributed by atoms with van der Waals surface area (Å²) in [5, 5.41) is 2.38. The number of hydrogen-bond acceptors (Lipinski definition) is 4. The first-order chi connectivity index (χ1) is 13.6. The molecule has 0 spiro atoms. The Morgan fingerprint density at radius 2 is 0.964 bits per heavy atom. The summed E-state index contributed by atoms with van der Waals surface area (Å²) >= 11 is 0. The van der Waals surface area contributed by atoms with Crippen molar-refractivity contribution in [3.05, 3.63) is 91.3 Å². The highest BCUT2D eigenvalue weighted by Gasteiger charge is 2.04. The first kappa shape index (κ1) is 18.4. The number of carbonyl (C=O) groups excluding carboxylic acids is 2. The summed E-state index contributed by atoms with van der Waals surface area (Å²) in [5.41, 5.74) is 23.5.